The lowest BCUT2D eigenvalue weighted by Gasteiger charge is -2.55. The molecule has 2 saturated heterocycles. The third kappa shape index (κ3) is 6.22. The molecule has 38 heavy (non-hydrogen) atoms. The number of benzene rings is 2. The van der Waals surface area contributed by atoms with Crippen molar-refractivity contribution >= 4 is 0 Å². The molecule has 2 heterocycles. The van der Waals surface area contributed by atoms with Gasteiger partial charge in [-0.25, -0.2) is 8.78 Å². The molecule has 0 amide bonds. The Morgan fingerprint density at radius 2 is 1.55 bits per heavy atom. The van der Waals surface area contributed by atoms with Crippen molar-refractivity contribution in [3.63, 3.8) is 0 Å². The number of allylic oxidation sites excluding steroid dienone is 3. The summed E-state index contributed by atoms with van der Waals surface area (Å²) in [6, 6.07) is 11.4. The van der Waals surface area contributed by atoms with Crippen LogP contribution in [0.2, 0.25) is 0 Å². The number of hydrogen-bond donors (Lipinski definition) is 0. The zero-order valence-electron chi connectivity index (χ0n) is 24.1. The highest BCUT2D eigenvalue weighted by Crippen LogP contribution is 2.47. The van der Waals surface area contributed by atoms with Crippen LogP contribution in [0.3, 0.4) is 0 Å². The molecule has 0 aliphatic carbocycles. The van der Waals surface area contributed by atoms with Crippen molar-refractivity contribution in [1.29, 1.82) is 0 Å². The molecule has 0 bridgehead atoms. The minimum atomic E-state index is -0.130. The number of nitrogens with zero attached hydrogens (tertiary/aromatic N) is 1. The molecule has 2 aromatic rings. The van der Waals surface area contributed by atoms with Gasteiger partial charge in [0.25, 0.3) is 0 Å². The fourth-order valence-electron chi connectivity index (χ4n) is 6.84. The Kier molecular flexibility index (Phi) is 8.82. The zero-order valence-corrected chi connectivity index (χ0v) is 24.1. The molecule has 0 aromatic heterocycles. The van der Waals surface area contributed by atoms with Crippen LogP contribution in [0.4, 0.5) is 8.78 Å². The van der Waals surface area contributed by atoms with Crippen molar-refractivity contribution in [3.05, 3.63) is 94.7 Å². The summed E-state index contributed by atoms with van der Waals surface area (Å²) >= 11 is 0. The van der Waals surface area contributed by atoms with E-state index in [1.54, 1.807) is 12.1 Å². The van der Waals surface area contributed by atoms with Crippen LogP contribution < -0.4 is 0 Å². The number of piperidine rings is 1. The van der Waals surface area contributed by atoms with Crippen LogP contribution >= 0.6 is 0 Å². The predicted molar refractivity (Wildman–Crippen MR) is 153 cm³/mol. The molecule has 4 rings (SSSR count). The second-order valence-corrected chi connectivity index (χ2v) is 12.4. The van der Waals surface area contributed by atoms with Gasteiger partial charge in [-0.1, -0.05) is 42.5 Å². The molecule has 0 radical (unpaired) electrons. The quantitative estimate of drug-likeness (QED) is 0.337. The minimum absolute atomic E-state index is 0.0598. The van der Waals surface area contributed by atoms with E-state index in [9.17, 15) is 4.39 Å². The molecule has 0 saturated carbocycles. The molecule has 2 aliphatic rings. The maximum atomic E-state index is 15.5. The molecule has 2 atom stereocenters. The van der Waals surface area contributed by atoms with Crippen molar-refractivity contribution in [2.75, 3.05) is 6.61 Å². The average molecular weight is 522 g/mol. The number of aryl methyl sites for hydroxylation is 1. The monoisotopic (exact) mass is 521 g/mol. The molecule has 206 valence electrons. The summed E-state index contributed by atoms with van der Waals surface area (Å²) in [6.07, 6.45) is 13.3. The Hall–Kier alpha value is -2.46. The van der Waals surface area contributed by atoms with Gasteiger partial charge in [-0.05, 0) is 127 Å². The Balaban J connectivity index is 1.41. The van der Waals surface area contributed by atoms with Crippen LogP contribution in [-0.2, 0) is 11.2 Å². The van der Waals surface area contributed by atoms with Gasteiger partial charge in [0, 0.05) is 17.0 Å². The lowest BCUT2D eigenvalue weighted by atomic mass is 9.71. The Morgan fingerprint density at radius 3 is 2.13 bits per heavy atom. The van der Waals surface area contributed by atoms with E-state index >= 15 is 4.39 Å². The number of rotatable bonds is 7. The number of halogens is 2. The highest BCUT2D eigenvalue weighted by Gasteiger charge is 2.44. The minimum Gasteiger partial charge on any atom is -0.373 e. The van der Waals surface area contributed by atoms with Gasteiger partial charge in [0.2, 0.25) is 0 Å². The average Bonchev–Trinajstić information content (AvgIpc) is 2.87. The topological polar surface area (TPSA) is 12.5 Å². The van der Waals surface area contributed by atoms with Gasteiger partial charge in [-0.15, -0.1) is 0 Å². The van der Waals surface area contributed by atoms with Gasteiger partial charge < -0.3 is 9.64 Å². The van der Waals surface area contributed by atoms with Crippen LogP contribution in [0.25, 0.3) is 0 Å². The standard InChI is InChI=1S/C34H45F2NO/c1-7-9-10-11-24-12-13-25(19-30(24)35)27-15-17-32(38-23-27)26-14-16-29(31(36)20-26)28-21-33(3,4)37(18-8-2)34(5,6)22-28/h7-9,12-14,16,18-20,27-28,32H,10-11,15,17,21-23H2,1-6H3/b9-7+,18-8+. The SMILES string of the molecule is C/C=C/CCc1ccc(C2CCC(c3ccc(C4CC(C)(C)N(/C=C/C)C(C)(C)C4)c(F)c3)OC2)cc1F. The van der Waals surface area contributed by atoms with E-state index < -0.39 is 0 Å². The van der Waals surface area contributed by atoms with E-state index in [4.69, 9.17) is 4.74 Å². The summed E-state index contributed by atoms with van der Waals surface area (Å²) in [5.41, 5.74) is 3.35. The molecule has 0 spiro atoms. The largest absolute Gasteiger partial charge is 0.373 e. The molecule has 2 aromatic carbocycles. The Labute approximate surface area is 228 Å². The highest BCUT2D eigenvalue weighted by atomic mass is 19.1. The molecule has 2 nitrogen and oxygen atoms in total. The van der Waals surface area contributed by atoms with E-state index in [0.717, 1.165) is 54.4 Å². The van der Waals surface area contributed by atoms with Crippen molar-refractivity contribution in [3.8, 4) is 0 Å². The first-order valence-electron chi connectivity index (χ1n) is 14.3. The van der Waals surface area contributed by atoms with Crippen molar-refractivity contribution < 1.29 is 13.5 Å². The van der Waals surface area contributed by atoms with Gasteiger partial charge in [-0.3, -0.25) is 0 Å². The summed E-state index contributed by atoms with van der Waals surface area (Å²) in [7, 11) is 0. The first-order chi connectivity index (χ1) is 18.1. The summed E-state index contributed by atoms with van der Waals surface area (Å²) in [6.45, 7) is 13.6. The Bertz CT molecular complexity index is 1140. The van der Waals surface area contributed by atoms with Gasteiger partial charge in [0.1, 0.15) is 11.6 Å². The summed E-state index contributed by atoms with van der Waals surface area (Å²) < 4.78 is 36.4. The molecule has 0 N–H and O–H groups in total. The molecular formula is C34H45F2NO. The summed E-state index contributed by atoms with van der Waals surface area (Å²) in [5, 5.41) is 0. The highest BCUT2D eigenvalue weighted by molar-refractivity contribution is 5.32. The van der Waals surface area contributed by atoms with Crippen LogP contribution in [0.5, 0.6) is 0 Å². The van der Waals surface area contributed by atoms with Crippen LogP contribution in [0, 0.1) is 11.6 Å². The number of likely N-dealkylation sites (tertiary alicyclic amines) is 1. The first-order valence-corrected chi connectivity index (χ1v) is 14.3. The molecule has 2 fully saturated rings. The van der Waals surface area contributed by atoms with Crippen LogP contribution in [0.1, 0.15) is 114 Å². The normalized spacial score (nSPS) is 23.9. The van der Waals surface area contributed by atoms with Gasteiger partial charge in [0.15, 0.2) is 0 Å². The van der Waals surface area contributed by atoms with Crippen molar-refractivity contribution in [2.24, 2.45) is 0 Å². The third-order valence-corrected chi connectivity index (χ3v) is 8.57. The van der Waals surface area contributed by atoms with Gasteiger partial charge in [-0.2, -0.15) is 0 Å². The number of ether oxygens (including phenoxy) is 1. The molecular weight excluding hydrogens is 476 g/mol. The second-order valence-electron chi connectivity index (χ2n) is 12.4. The number of hydrogen-bond acceptors (Lipinski definition) is 2. The lowest BCUT2D eigenvalue weighted by Crippen LogP contribution is -2.57. The van der Waals surface area contributed by atoms with E-state index in [2.05, 4.69) is 57.0 Å². The third-order valence-electron chi connectivity index (χ3n) is 8.57. The molecule has 4 heteroatoms. The zero-order chi connectivity index (χ0) is 27.5. The van der Waals surface area contributed by atoms with Crippen molar-refractivity contribution in [1.82, 2.24) is 4.90 Å². The first kappa shape index (κ1) is 28.5. The summed E-state index contributed by atoms with van der Waals surface area (Å²) in [5.74, 6) is 0.0823. The van der Waals surface area contributed by atoms with Crippen LogP contribution in [0.15, 0.2) is 60.8 Å². The van der Waals surface area contributed by atoms with Crippen LogP contribution in [-0.4, -0.2) is 22.6 Å². The van der Waals surface area contributed by atoms with E-state index in [-0.39, 0.29) is 40.7 Å². The molecule has 2 unspecified atom stereocenters. The van der Waals surface area contributed by atoms with Crippen molar-refractivity contribution in [2.45, 2.75) is 109 Å². The van der Waals surface area contributed by atoms with E-state index in [1.165, 1.54) is 0 Å². The fourth-order valence-corrected chi connectivity index (χ4v) is 6.84. The fraction of sp³-hybridized carbons (Fsp3) is 0.529. The summed E-state index contributed by atoms with van der Waals surface area (Å²) in [4.78, 5) is 2.43. The van der Waals surface area contributed by atoms with E-state index in [0.29, 0.717) is 13.0 Å². The maximum absolute atomic E-state index is 15.5. The van der Waals surface area contributed by atoms with Gasteiger partial charge >= 0.3 is 0 Å². The molecule has 2 aliphatic heterocycles. The Morgan fingerprint density at radius 1 is 0.868 bits per heavy atom. The van der Waals surface area contributed by atoms with Gasteiger partial charge in [0.05, 0.1) is 12.7 Å². The smallest absolute Gasteiger partial charge is 0.127 e. The predicted octanol–water partition coefficient (Wildman–Crippen LogP) is 9.38. The maximum Gasteiger partial charge on any atom is 0.127 e. The van der Waals surface area contributed by atoms with E-state index in [1.807, 2.05) is 38.1 Å². The second kappa shape index (κ2) is 11.7. The lowest BCUT2D eigenvalue weighted by molar-refractivity contribution is 0.00169.